The Morgan fingerprint density at radius 1 is 1.21 bits per heavy atom. The van der Waals surface area contributed by atoms with Crippen LogP contribution in [0, 0.1) is 11.8 Å². The molecule has 1 saturated carbocycles. The summed E-state index contributed by atoms with van der Waals surface area (Å²) in [6.07, 6.45) is 6.00. The van der Waals surface area contributed by atoms with E-state index in [4.69, 9.17) is 16.3 Å². The number of nitrogens with zero attached hydrogens (tertiary/aromatic N) is 3. The van der Waals surface area contributed by atoms with E-state index < -0.39 is 6.10 Å². The average Bonchev–Trinajstić information content (AvgIpc) is 3.58. The van der Waals surface area contributed by atoms with Crippen molar-refractivity contribution in [2.45, 2.75) is 56.6 Å². The predicted octanol–water partition coefficient (Wildman–Crippen LogP) is 4.99. The molecular weight excluding hydrogens is 500 g/mol. The summed E-state index contributed by atoms with van der Waals surface area (Å²) >= 11 is 6.75. The van der Waals surface area contributed by atoms with E-state index in [-0.39, 0.29) is 23.3 Å². The van der Waals surface area contributed by atoms with Crippen LogP contribution in [-0.4, -0.2) is 63.8 Å². The fraction of sp³-hybridized carbons (Fsp3) is 0.500. The Labute approximate surface area is 228 Å². The Balaban J connectivity index is 1.16. The number of anilines is 1. The smallest absolute Gasteiger partial charge is 0.229 e. The Hall–Kier alpha value is -2.58. The molecule has 0 radical (unpaired) electrons. The average molecular weight is 535 g/mol. The number of aliphatic hydroxyl groups excluding tert-OH is 1. The molecule has 38 heavy (non-hydrogen) atoms. The van der Waals surface area contributed by atoms with E-state index in [0.29, 0.717) is 30.9 Å². The Kier molecular flexibility index (Phi) is 6.89. The molecular formula is C30H35ClN4O3. The number of aromatic nitrogens is 2. The van der Waals surface area contributed by atoms with Gasteiger partial charge in [-0.05, 0) is 86.0 Å². The van der Waals surface area contributed by atoms with Crippen LogP contribution in [0.2, 0.25) is 5.02 Å². The first kappa shape index (κ1) is 25.7. The quantitative estimate of drug-likeness (QED) is 0.463. The minimum atomic E-state index is -0.452. The van der Waals surface area contributed by atoms with E-state index in [1.54, 1.807) is 12.4 Å². The number of likely N-dealkylation sites (tertiary alicyclic amines) is 1. The third-order valence-electron chi connectivity index (χ3n) is 9.11. The molecule has 5 atom stereocenters. The molecule has 3 aliphatic rings. The summed E-state index contributed by atoms with van der Waals surface area (Å²) in [5.41, 5.74) is 1.81. The van der Waals surface area contributed by atoms with Gasteiger partial charge in [0.05, 0.1) is 30.8 Å². The lowest BCUT2D eigenvalue weighted by Crippen LogP contribution is -2.56. The van der Waals surface area contributed by atoms with Crippen molar-refractivity contribution in [1.82, 2.24) is 14.9 Å². The maximum atomic E-state index is 13.2. The summed E-state index contributed by atoms with van der Waals surface area (Å²) < 4.78 is 5.55. The van der Waals surface area contributed by atoms with Gasteiger partial charge in [-0.1, -0.05) is 31.0 Å². The standard InChI is InChI=1S/C30H35ClN4O3/c1-3-21-27(24-6-4-5-9-32-24)28(21)29(37)34-26-14-19-12-22(23(31)13-20(19)15-33-26)18-7-10-35(11-8-18)30(2)17-38-16-25(30)36/h4-6,9,12-15,18,21,25,27-28,36H,3,7-8,10-11,16-17H2,1-2H3,(H,33,34,37)/t21-,25-,27-,28-,30+/m0/s1. The zero-order valence-corrected chi connectivity index (χ0v) is 22.7. The second-order valence-electron chi connectivity index (χ2n) is 11.3. The second-order valence-corrected chi connectivity index (χ2v) is 11.7. The van der Waals surface area contributed by atoms with Gasteiger partial charge in [-0.3, -0.25) is 14.7 Å². The number of halogens is 1. The second kappa shape index (κ2) is 10.2. The summed E-state index contributed by atoms with van der Waals surface area (Å²) in [6, 6.07) is 12.0. The number of benzene rings is 1. The molecule has 2 N–H and O–H groups in total. The monoisotopic (exact) mass is 534 g/mol. The number of piperidine rings is 1. The van der Waals surface area contributed by atoms with E-state index in [1.807, 2.05) is 30.3 Å². The normalized spacial score (nSPS) is 30.0. The minimum Gasteiger partial charge on any atom is -0.389 e. The number of carbonyl (C=O) groups is 1. The molecule has 0 unspecified atom stereocenters. The van der Waals surface area contributed by atoms with Gasteiger partial charge < -0.3 is 15.2 Å². The van der Waals surface area contributed by atoms with Crippen LogP contribution in [0.3, 0.4) is 0 Å². The van der Waals surface area contributed by atoms with Gasteiger partial charge in [-0.2, -0.15) is 0 Å². The molecule has 2 aromatic heterocycles. The van der Waals surface area contributed by atoms with Crippen molar-refractivity contribution in [3.8, 4) is 0 Å². The van der Waals surface area contributed by atoms with E-state index in [9.17, 15) is 9.90 Å². The van der Waals surface area contributed by atoms with E-state index in [1.165, 1.54) is 0 Å². The minimum absolute atomic E-state index is 0.00693. The number of aliphatic hydroxyl groups is 1. The van der Waals surface area contributed by atoms with E-state index in [0.717, 1.165) is 59.4 Å². The molecule has 4 heterocycles. The Morgan fingerprint density at radius 3 is 2.71 bits per heavy atom. The number of hydrogen-bond acceptors (Lipinski definition) is 6. The first-order valence-corrected chi connectivity index (χ1v) is 14.1. The lowest BCUT2D eigenvalue weighted by atomic mass is 9.85. The van der Waals surface area contributed by atoms with Crippen LogP contribution in [0.4, 0.5) is 5.82 Å². The Morgan fingerprint density at radius 2 is 2.03 bits per heavy atom. The number of hydrogen-bond donors (Lipinski definition) is 2. The number of pyridine rings is 2. The van der Waals surface area contributed by atoms with Crippen molar-refractivity contribution < 1.29 is 14.6 Å². The third-order valence-corrected chi connectivity index (χ3v) is 9.43. The van der Waals surface area contributed by atoms with Gasteiger partial charge in [0.25, 0.3) is 0 Å². The maximum Gasteiger partial charge on any atom is 0.229 e. The summed E-state index contributed by atoms with van der Waals surface area (Å²) in [6.45, 7) is 6.99. The molecule has 200 valence electrons. The predicted molar refractivity (Wildman–Crippen MR) is 148 cm³/mol. The van der Waals surface area contributed by atoms with Crippen molar-refractivity contribution in [2.24, 2.45) is 11.8 Å². The highest BCUT2D eigenvalue weighted by Gasteiger charge is 2.55. The van der Waals surface area contributed by atoms with Crippen molar-refractivity contribution in [1.29, 1.82) is 0 Å². The van der Waals surface area contributed by atoms with Gasteiger partial charge in [-0.15, -0.1) is 0 Å². The molecule has 0 spiro atoms. The lowest BCUT2D eigenvalue weighted by Gasteiger charge is -2.43. The zero-order chi connectivity index (χ0) is 26.4. The third kappa shape index (κ3) is 4.60. The van der Waals surface area contributed by atoms with Crippen LogP contribution in [-0.2, 0) is 9.53 Å². The Bertz CT molecular complexity index is 1330. The van der Waals surface area contributed by atoms with Crippen molar-refractivity contribution >= 4 is 34.1 Å². The molecule has 8 heteroatoms. The van der Waals surface area contributed by atoms with Gasteiger partial charge in [0.1, 0.15) is 5.82 Å². The molecule has 1 aliphatic carbocycles. The van der Waals surface area contributed by atoms with E-state index in [2.05, 4.69) is 40.1 Å². The van der Waals surface area contributed by atoms with Crippen molar-refractivity contribution in [2.75, 3.05) is 31.6 Å². The number of amides is 1. The van der Waals surface area contributed by atoms with Crippen molar-refractivity contribution in [3.05, 3.63) is 65.1 Å². The number of fused-ring (bicyclic) bond motifs is 1. The van der Waals surface area contributed by atoms with Gasteiger partial charge >= 0.3 is 0 Å². The lowest BCUT2D eigenvalue weighted by molar-refractivity contribution is -0.117. The van der Waals surface area contributed by atoms with Gasteiger partial charge in [0.2, 0.25) is 5.91 Å². The van der Waals surface area contributed by atoms with Crippen molar-refractivity contribution in [3.63, 3.8) is 0 Å². The number of nitrogens with one attached hydrogen (secondary N) is 1. The van der Waals surface area contributed by atoms with Gasteiger partial charge in [-0.25, -0.2) is 4.98 Å². The van der Waals surface area contributed by atoms with Crippen LogP contribution >= 0.6 is 11.6 Å². The summed E-state index contributed by atoms with van der Waals surface area (Å²) in [5, 5.41) is 16.2. The highest BCUT2D eigenvalue weighted by Crippen LogP contribution is 2.55. The van der Waals surface area contributed by atoms with Crippen LogP contribution in [0.5, 0.6) is 0 Å². The summed E-state index contributed by atoms with van der Waals surface area (Å²) in [5.74, 6) is 1.30. The topological polar surface area (TPSA) is 87.6 Å². The SMILES string of the molecule is CC[C@@H]1[C@H](C(=O)Nc2cc3cc(C4CCN([C@]5(C)COC[C@@H]5O)CC4)c(Cl)cc3cn2)[C@@H]1c1ccccn1. The molecule has 7 nitrogen and oxygen atoms in total. The molecule has 3 fully saturated rings. The molecule has 1 aromatic carbocycles. The fourth-order valence-corrected chi connectivity index (χ4v) is 6.97. The highest BCUT2D eigenvalue weighted by atomic mass is 35.5. The molecule has 0 bridgehead atoms. The molecule has 6 rings (SSSR count). The zero-order valence-electron chi connectivity index (χ0n) is 21.9. The van der Waals surface area contributed by atoms with Gasteiger partial charge in [0, 0.05) is 34.4 Å². The van der Waals surface area contributed by atoms with Gasteiger partial charge in [0.15, 0.2) is 0 Å². The fourth-order valence-electron chi connectivity index (χ4n) is 6.65. The number of rotatable bonds is 6. The molecule has 2 aliphatic heterocycles. The first-order valence-electron chi connectivity index (χ1n) is 13.7. The summed E-state index contributed by atoms with van der Waals surface area (Å²) in [4.78, 5) is 24.6. The van der Waals surface area contributed by atoms with Crippen LogP contribution in [0.1, 0.15) is 56.2 Å². The van der Waals surface area contributed by atoms with Crippen LogP contribution in [0.25, 0.3) is 10.8 Å². The highest BCUT2D eigenvalue weighted by molar-refractivity contribution is 6.32. The molecule has 3 aromatic rings. The summed E-state index contributed by atoms with van der Waals surface area (Å²) in [7, 11) is 0. The van der Waals surface area contributed by atoms with E-state index >= 15 is 0 Å². The molecule has 1 amide bonds. The largest absolute Gasteiger partial charge is 0.389 e. The molecule has 2 saturated heterocycles. The van der Waals surface area contributed by atoms with Crippen LogP contribution in [0.15, 0.2) is 48.8 Å². The maximum absolute atomic E-state index is 13.2. The number of ether oxygens (including phenoxy) is 1. The van der Waals surface area contributed by atoms with Crippen LogP contribution < -0.4 is 5.32 Å². The first-order chi connectivity index (χ1) is 18.4. The number of carbonyl (C=O) groups excluding carboxylic acids is 1.